The maximum absolute atomic E-state index is 11.9. The third-order valence-corrected chi connectivity index (χ3v) is 3.99. The maximum atomic E-state index is 11.9. The van der Waals surface area contributed by atoms with Crippen molar-refractivity contribution in [1.29, 1.82) is 0 Å². The Morgan fingerprint density at radius 3 is 2.76 bits per heavy atom. The molecule has 1 aromatic carbocycles. The van der Waals surface area contributed by atoms with E-state index in [-0.39, 0.29) is 5.78 Å². The van der Waals surface area contributed by atoms with E-state index < -0.39 is 0 Å². The molecule has 0 spiro atoms. The smallest absolute Gasteiger partial charge is 0.162 e. The van der Waals surface area contributed by atoms with Crippen LogP contribution in [0.2, 0.25) is 0 Å². The Morgan fingerprint density at radius 1 is 1.18 bits per heavy atom. The number of carbonyl (C=O) groups is 1. The van der Waals surface area contributed by atoms with Crippen LogP contribution >= 0.6 is 0 Å². The molecule has 3 rings (SSSR count). The third kappa shape index (κ3) is 2.58. The zero-order valence-corrected chi connectivity index (χ0v) is 9.97. The van der Waals surface area contributed by atoms with E-state index in [1.165, 1.54) is 19.3 Å². The molecule has 2 nitrogen and oxygen atoms in total. The van der Waals surface area contributed by atoms with Crippen molar-refractivity contribution in [1.82, 2.24) is 0 Å². The van der Waals surface area contributed by atoms with Gasteiger partial charge in [0.05, 0.1) is 12.2 Å². The first kappa shape index (κ1) is 11.0. The Hall–Kier alpha value is -1.15. The standard InChI is InChI=1S/C15H18O2/c16-13(12-4-2-1-3-5-12)8-6-11-7-9-14-15(10-11)17-14/h1-5,11,14-15H,6-10H2/t11-,14+,15-/m1/s1. The Balaban J connectivity index is 1.49. The molecule has 1 aliphatic heterocycles. The molecule has 0 amide bonds. The van der Waals surface area contributed by atoms with Crippen LogP contribution in [0.4, 0.5) is 0 Å². The number of benzene rings is 1. The number of rotatable bonds is 4. The van der Waals surface area contributed by atoms with Gasteiger partial charge in [-0.3, -0.25) is 4.79 Å². The first-order valence-electron chi connectivity index (χ1n) is 6.56. The van der Waals surface area contributed by atoms with Crippen LogP contribution in [0, 0.1) is 5.92 Å². The summed E-state index contributed by atoms with van der Waals surface area (Å²) in [5, 5.41) is 0. The van der Waals surface area contributed by atoms with Crippen LogP contribution in [0.15, 0.2) is 30.3 Å². The number of hydrogen-bond donors (Lipinski definition) is 0. The van der Waals surface area contributed by atoms with Gasteiger partial charge in [-0.2, -0.15) is 0 Å². The lowest BCUT2D eigenvalue weighted by Crippen LogP contribution is -2.14. The fourth-order valence-corrected chi connectivity index (χ4v) is 2.85. The van der Waals surface area contributed by atoms with Gasteiger partial charge < -0.3 is 4.74 Å². The third-order valence-electron chi connectivity index (χ3n) is 3.99. The summed E-state index contributed by atoms with van der Waals surface area (Å²) >= 11 is 0. The van der Waals surface area contributed by atoms with Gasteiger partial charge in [0.25, 0.3) is 0 Å². The molecule has 1 saturated heterocycles. The molecular weight excluding hydrogens is 212 g/mol. The summed E-state index contributed by atoms with van der Waals surface area (Å²) in [6, 6.07) is 9.61. The van der Waals surface area contributed by atoms with Gasteiger partial charge in [0.2, 0.25) is 0 Å². The van der Waals surface area contributed by atoms with Gasteiger partial charge in [0.15, 0.2) is 5.78 Å². The van der Waals surface area contributed by atoms with Gasteiger partial charge in [-0.15, -0.1) is 0 Å². The van der Waals surface area contributed by atoms with E-state index in [0.717, 1.165) is 12.0 Å². The van der Waals surface area contributed by atoms with Crippen LogP contribution in [-0.4, -0.2) is 18.0 Å². The molecule has 2 fully saturated rings. The molecule has 0 aromatic heterocycles. The van der Waals surface area contributed by atoms with Crippen molar-refractivity contribution in [3.63, 3.8) is 0 Å². The molecule has 1 saturated carbocycles. The monoisotopic (exact) mass is 230 g/mol. The van der Waals surface area contributed by atoms with Crippen LogP contribution in [0.3, 0.4) is 0 Å². The zero-order chi connectivity index (χ0) is 11.7. The topological polar surface area (TPSA) is 29.6 Å². The van der Waals surface area contributed by atoms with Crippen LogP contribution in [0.1, 0.15) is 42.5 Å². The Kier molecular flexibility index (Phi) is 2.98. The first-order valence-corrected chi connectivity index (χ1v) is 6.56. The second-order valence-corrected chi connectivity index (χ2v) is 5.22. The Morgan fingerprint density at radius 2 is 2.00 bits per heavy atom. The second kappa shape index (κ2) is 4.61. The SMILES string of the molecule is O=C(CC[C@@H]1CC[C@@H]2O[C@@H]2C1)c1ccccc1. The molecule has 2 heteroatoms. The molecule has 17 heavy (non-hydrogen) atoms. The van der Waals surface area contributed by atoms with Crippen molar-refractivity contribution >= 4 is 5.78 Å². The predicted octanol–water partition coefficient (Wildman–Crippen LogP) is 3.22. The van der Waals surface area contributed by atoms with E-state index in [0.29, 0.717) is 24.5 Å². The lowest BCUT2D eigenvalue weighted by Gasteiger charge is -2.18. The minimum absolute atomic E-state index is 0.282. The van der Waals surface area contributed by atoms with Crippen LogP contribution in [0.5, 0.6) is 0 Å². The van der Waals surface area contributed by atoms with Gasteiger partial charge in [-0.1, -0.05) is 30.3 Å². The predicted molar refractivity (Wildman–Crippen MR) is 66.0 cm³/mol. The summed E-state index contributed by atoms with van der Waals surface area (Å²) in [5.41, 5.74) is 0.851. The quantitative estimate of drug-likeness (QED) is 0.587. The minimum Gasteiger partial charge on any atom is -0.370 e. The molecule has 2 aliphatic rings. The van der Waals surface area contributed by atoms with Crippen LogP contribution in [0.25, 0.3) is 0 Å². The molecule has 0 radical (unpaired) electrons. The van der Waals surface area contributed by atoms with Crippen molar-refractivity contribution in [2.24, 2.45) is 5.92 Å². The highest BCUT2D eigenvalue weighted by molar-refractivity contribution is 5.95. The normalized spacial score (nSPS) is 30.7. The van der Waals surface area contributed by atoms with Gasteiger partial charge in [0, 0.05) is 12.0 Å². The van der Waals surface area contributed by atoms with Gasteiger partial charge in [0.1, 0.15) is 0 Å². The zero-order valence-electron chi connectivity index (χ0n) is 9.97. The van der Waals surface area contributed by atoms with Crippen molar-refractivity contribution in [3.05, 3.63) is 35.9 Å². The van der Waals surface area contributed by atoms with Gasteiger partial charge in [-0.25, -0.2) is 0 Å². The van der Waals surface area contributed by atoms with Crippen molar-refractivity contribution in [2.45, 2.75) is 44.3 Å². The van der Waals surface area contributed by atoms with Gasteiger partial charge >= 0.3 is 0 Å². The number of ketones is 1. The van der Waals surface area contributed by atoms with E-state index in [1.807, 2.05) is 30.3 Å². The lowest BCUT2D eigenvalue weighted by atomic mass is 9.85. The summed E-state index contributed by atoms with van der Waals surface area (Å²) in [7, 11) is 0. The highest BCUT2D eigenvalue weighted by atomic mass is 16.6. The molecule has 90 valence electrons. The Bertz CT molecular complexity index is 399. The molecule has 0 bridgehead atoms. The van der Waals surface area contributed by atoms with Gasteiger partial charge in [-0.05, 0) is 31.6 Å². The molecule has 3 atom stereocenters. The van der Waals surface area contributed by atoms with E-state index in [9.17, 15) is 4.79 Å². The second-order valence-electron chi connectivity index (χ2n) is 5.22. The summed E-state index contributed by atoms with van der Waals surface area (Å²) in [6.07, 6.45) is 6.42. The summed E-state index contributed by atoms with van der Waals surface area (Å²) in [4.78, 5) is 11.9. The summed E-state index contributed by atoms with van der Waals surface area (Å²) in [5.74, 6) is 0.982. The van der Waals surface area contributed by atoms with E-state index in [1.54, 1.807) is 0 Å². The Labute approximate surface area is 102 Å². The van der Waals surface area contributed by atoms with E-state index >= 15 is 0 Å². The lowest BCUT2D eigenvalue weighted by molar-refractivity contribution is 0.0971. The minimum atomic E-state index is 0.282. The summed E-state index contributed by atoms with van der Waals surface area (Å²) < 4.78 is 5.51. The summed E-state index contributed by atoms with van der Waals surface area (Å²) in [6.45, 7) is 0. The highest BCUT2D eigenvalue weighted by Gasteiger charge is 2.43. The van der Waals surface area contributed by atoms with Crippen molar-refractivity contribution < 1.29 is 9.53 Å². The average molecular weight is 230 g/mol. The molecule has 1 aromatic rings. The fourth-order valence-electron chi connectivity index (χ4n) is 2.85. The fraction of sp³-hybridized carbons (Fsp3) is 0.533. The largest absolute Gasteiger partial charge is 0.370 e. The molecule has 1 heterocycles. The number of Topliss-reactive ketones (excluding diaryl/α,β-unsaturated/α-hetero) is 1. The van der Waals surface area contributed by atoms with E-state index in [2.05, 4.69) is 0 Å². The molecule has 0 N–H and O–H groups in total. The molecular formula is C15H18O2. The van der Waals surface area contributed by atoms with Crippen molar-refractivity contribution in [3.8, 4) is 0 Å². The number of carbonyl (C=O) groups excluding carboxylic acids is 1. The maximum Gasteiger partial charge on any atom is 0.162 e. The first-order chi connectivity index (χ1) is 8.33. The number of epoxide rings is 1. The van der Waals surface area contributed by atoms with Crippen molar-refractivity contribution in [2.75, 3.05) is 0 Å². The number of fused-ring (bicyclic) bond motifs is 1. The van der Waals surface area contributed by atoms with E-state index in [4.69, 9.17) is 4.74 Å². The highest BCUT2D eigenvalue weighted by Crippen LogP contribution is 2.40. The van der Waals surface area contributed by atoms with Crippen LogP contribution in [-0.2, 0) is 4.74 Å². The number of hydrogen-bond acceptors (Lipinski definition) is 2. The van der Waals surface area contributed by atoms with Crippen LogP contribution < -0.4 is 0 Å². The molecule has 1 aliphatic carbocycles. The average Bonchev–Trinajstić information content (AvgIpc) is 3.15. The number of ether oxygens (including phenoxy) is 1. The molecule has 0 unspecified atom stereocenters.